The van der Waals surface area contributed by atoms with Gasteiger partial charge in [-0.2, -0.15) is 0 Å². The Kier molecular flexibility index (Phi) is 3.20. The van der Waals surface area contributed by atoms with Crippen molar-refractivity contribution in [2.45, 2.75) is 6.92 Å². The zero-order valence-corrected chi connectivity index (χ0v) is 9.22. The van der Waals surface area contributed by atoms with E-state index in [0.29, 0.717) is 6.61 Å². The minimum atomic E-state index is -0.202. The molecule has 0 N–H and O–H groups in total. The summed E-state index contributed by atoms with van der Waals surface area (Å²) in [4.78, 5) is 11.5. The Hall–Kier alpha value is -1.83. The van der Waals surface area contributed by atoms with E-state index < -0.39 is 0 Å². The Morgan fingerprint density at radius 1 is 1.31 bits per heavy atom. The first-order valence-electron chi connectivity index (χ1n) is 5.38. The van der Waals surface area contributed by atoms with Crippen LogP contribution in [0.25, 0.3) is 6.08 Å². The van der Waals surface area contributed by atoms with Crippen molar-refractivity contribution in [2.24, 2.45) is 5.92 Å². The van der Waals surface area contributed by atoms with Gasteiger partial charge in [0.2, 0.25) is 0 Å². The quantitative estimate of drug-likeness (QED) is 0.430. The van der Waals surface area contributed by atoms with E-state index in [9.17, 15) is 4.79 Å². The Bertz CT molecular complexity index is 429. The highest BCUT2D eigenvalue weighted by Crippen LogP contribution is 2.24. The number of hydrogen-bond acceptors (Lipinski definition) is 2. The Labute approximate surface area is 95.2 Å². The second kappa shape index (κ2) is 4.79. The third-order valence-corrected chi connectivity index (χ3v) is 2.58. The molecule has 2 nitrogen and oxygen atoms in total. The van der Waals surface area contributed by atoms with Crippen LogP contribution in [0.3, 0.4) is 0 Å². The number of carbonyl (C=O) groups is 1. The van der Waals surface area contributed by atoms with Crippen molar-refractivity contribution >= 4 is 12.0 Å². The summed E-state index contributed by atoms with van der Waals surface area (Å²) in [5.41, 5.74) is 1.77. The van der Waals surface area contributed by atoms with Crippen molar-refractivity contribution in [3.05, 3.63) is 53.6 Å². The molecule has 0 aromatic heterocycles. The maximum atomic E-state index is 11.5. The molecule has 1 aromatic rings. The van der Waals surface area contributed by atoms with Gasteiger partial charge in [-0.25, -0.2) is 4.79 Å². The van der Waals surface area contributed by atoms with E-state index in [4.69, 9.17) is 4.74 Å². The van der Waals surface area contributed by atoms with E-state index in [1.807, 2.05) is 55.5 Å². The molecule has 0 unspecified atom stereocenters. The lowest BCUT2D eigenvalue weighted by Crippen LogP contribution is -1.99. The molecule has 0 bridgehead atoms. The third kappa shape index (κ3) is 2.22. The minimum Gasteiger partial charge on any atom is -0.461 e. The highest BCUT2D eigenvalue weighted by atomic mass is 16.5. The van der Waals surface area contributed by atoms with Gasteiger partial charge in [-0.15, -0.1) is 0 Å². The molecule has 1 aliphatic heterocycles. The van der Waals surface area contributed by atoms with Gasteiger partial charge in [-0.1, -0.05) is 42.5 Å². The van der Waals surface area contributed by atoms with Crippen LogP contribution in [-0.2, 0) is 9.53 Å². The maximum Gasteiger partial charge on any atom is 0.334 e. The molecule has 1 saturated heterocycles. The molecule has 0 radical (unpaired) electrons. The normalized spacial score (nSPS) is 22.9. The third-order valence-electron chi connectivity index (χ3n) is 2.58. The standard InChI is InChI=1S/C14H14O2/c1-2-6-12-10-16-14(15)13(12)9-11-7-4-3-5-8-11/h2-9,12H,10H2,1H3/b6-2+,13-9+/t12-/m1/s1. The van der Waals surface area contributed by atoms with Gasteiger partial charge in [-0.3, -0.25) is 0 Å². The number of allylic oxidation sites excluding steroid dienone is 1. The molecule has 82 valence electrons. The van der Waals surface area contributed by atoms with Crippen molar-refractivity contribution in [1.29, 1.82) is 0 Å². The molecule has 2 heteroatoms. The van der Waals surface area contributed by atoms with Crippen LogP contribution in [0.15, 0.2) is 48.1 Å². The van der Waals surface area contributed by atoms with Crippen LogP contribution < -0.4 is 0 Å². The van der Waals surface area contributed by atoms with Crippen LogP contribution in [0.5, 0.6) is 0 Å². The second-order valence-electron chi connectivity index (χ2n) is 3.74. The lowest BCUT2D eigenvalue weighted by atomic mass is 9.99. The van der Waals surface area contributed by atoms with Gasteiger partial charge in [-0.05, 0) is 18.6 Å². The van der Waals surface area contributed by atoms with E-state index in [-0.39, 0.29) is 11.9 Å². The first-order valence-corrected chi connectivity index (χ1v) is 5.38. The number of cyclic esters (lactones) is 1. The monoisotopic (exact) mass is 214 g/mol. The zero-order valence-electron chi connectivity index (χ0n) is 9.22. The molecule has 1 heterocycles. The lowest BCUT2D eigenvalue weighted by molar-refractivity contribution is -0.135. The molecule has 1 aromatic carbocycles. The zero-order chi connectivity index (χ0) is 11.4. The lowest BCUT2D eigenvalue weighted by Gasteiger charge is -2.00. The number of carbonyl (C=O) groups excluding carboxylic acids is 1. The van der Waals surface area contributed by atoms with E-state index in [2.05, 4.69) is 0 Å². The number of esters is 1. The van der Waals surface area contributed by atoms with E-state index in [1.165, 1.54) is 0 Å². The molecule has 1 aliphatic rings. The fraction of sp³-hybridized carbons (Fsp3) is 0.214. The van der Waals surface area contributed by atoms with Crippen LogP contribution in [0.4, 0.5) is 0 Å². The summed E-state index contributed by atoms with van der Waals surface area (Å²) >= 11 is 0. The van der Waals surface area contributed by atoms with Gasteiger partial charge in [0.1, 0.15) is 6.61 Å². The van der Waals surface area contributed by atoms with Crippen LogP contribution in [0.2, 0.25) is 0 Å². The predicted octanol–water partition coefficient (Wildman–Crippen LogP) is 2.82. The SMILES string of the molecule is C/C=C/[C@@H]1COC(=O)/C1=C/c1ccccc1. The highest BCUT2D eigenvalue weighted by molar-refractivity contribution is 5.96. The molecule has 1 atom stereocenters. The average molecular weight is 214 g/mol. The molecule has 16 heavy (non-hydrogen) atoms. The average Bonchev–Trinajstić information content (AvgIpc) is 2.64. The fourth-order valence-corrected chi connectivity index (χ4v) is 1.78. The van der Waals surface area contributed by atoms with Gasteiger partial charge in [0.15, 0.2) is 0 Å². The largest absolute Gasteiger partial charge is 0.461 e. The summed E-state index contributed by atoms with van der Waals surface area (Å²) in [6, 6.07) is 9.82. The van der Waals surface area contributed by atoms with Gasteiger partial charge < -0.3 is 4.74 Å². The number of rotatable bonds is 2. The highest BCUT2D eigenvalue weighted by Gasteiger charge is 2.28. The Morgan fingerprint density at radius 3 is 2.75 bits per heavy atom. The maximum absolute atomic E-state index is 11.5. The van der Waals surface area contributed by atoms with Crippen molar-refractivity contribution in [3.8, 4) is 0 Å². The van der Waals surface area contributed by atoms with E-state index in [1.54, 1.807) is 0 Å². The van der Waals surface area contributed by atoms with Crippen LogP contribution in [0.1, 0.15) is 12.5 Å². The number of benzene rings is 1. The summed E-state index contributed by atoms with van der Waals surface area (Å²) in [6.45, 7) is 2.41. The topological polar surface area (TPSA) is 26.3 Å². The molecule has 2 rings (SSSR count). The van der Waals surface area contributed by atoms with Gasteiger partial charge in [0, 0.05) is 11.5 Å². The Balaban J connectivity index is 2.30. The molecule has 0 spiro atoms. The second-order valence-corrected chi connectivity index (χ2v) is 3.74. The molecule has 0 amide bonds. The summed E-state index contributed by atoms with van der Waals surface area (Å²) in [5, 5.41) is 0. The van der Waals surface area contributed by atoms with Crippen molar-refractivity contribution < 1.29 is 9.53 Å². The molecular formula is C14H14O2. The molecular weight excluding hydrogens is 200 g/mol. The summed E-state index contributed by atoms with van der Waals surface area (Å²) in [6.07, 6.45) is 5.85. The minimum absolute atomic E-state index is 0.0951. The Morgan fingerprint density at radius 2 is 2.06 bits per heavy atom. The van der Waals surface area contributed by atoms with E-state index >= 15 is 0 Å². The van der Waals surface area contributed by atoms with Crippen molar-refractivity contribution in [3.63, 3.8) is 0 Å². The molecule has 0 aliphatic carbocycles. The molecule has 0 saturated carbocycles. The predicted molar refractivity (Wildman–Crippen MR) is 63.7 cm³/mol. The van der Waals surface area contributed by atoms with Crippen molar-refractivity contribution in [1.82, 2.24) is 0 Å². The first-order chi connectivity index (χ1) is 7.81. The van der Waals surface area contributed by atoms with Crippen LogP contribution in [0, 0.1) is 5.92 Å². The van der Waals surface area contributed by atoms with Gasteiger partial charge in [0.25, 0.3) is 0 Å². The van der Waals surface area contributed by atoms with Gasteiger partial charge in [0.05, 0.1) is 0 Å². The molecule has 1 fully saturated rings. The van der Waals surface area contributed by atoms with Crippen molar-refractivity contribution in [2.75, 3.05) is 6.61 Å². The summed E-state index contributed by atoms with van der Waals surface area (Å²) in [5.74, 6) is -0.107. The van der Waals surface area contributed by atoms with Gasteiger partial charge >= 0.3 is 5.97 Å². The summed E-state index contributed by atoms with van der Waals surface area (Å²) in [7, 11) is 0. The van der Waals surface area contributed by atoms with Crippen LogP contribution in [-0.4, -0.2) is 12.6 Å². The van der Waals surface area contributed by atoms with E-state index in [0.717, 1.165) is 11.1 Å². The summed E-state index contributed by atoms with van der Waals surface area (Å²) < 4.78 is 5.04. The number of ether oxygens (including phenoxy) is 1. The first kappa shape index (κ1) is 10.7. The fourth-order valence-electron chi connectivity index (χ4n) is 1.78. The van der Waals surface area contributed by atoms with Crippen LogP contribution >= 0.6 is 0 Å². The smallest absolute Gasteiger partial charge is 0.334 e. The number of hydrogen-bond donors (Lipinski definition) is 0.